The Morgan fingerprint density at radius 2 is 2.04 bits per heavy atom. The minimum atomic E-state index is -3.44. The van der Waals surface area contributed by atoms with Gasteiger partial charge < -0.3 is 5.32 Å². The van der Waals surface area contributed by atoms with Gasteiger partial charge in [0, 0.05) is 24.7 Å². The van der Waals surface area contributed by atoms with E-state index in [1.54, 1.807) is 28.8 Å². The van der Waals surface area contributed by atoms with Crippen molar-refractivity contribution < 1.29 is 13.2 Å². The maximum atomic E-state index is 12.6. The number of sulfonamides is 1. The van der Waals surface area contributed by atoms with Crippen molar-refractivity contribution in [2.75, 3.05) is 18.4 Å². The summed E-state index contributed by atoms with van der Waals surface area (Å²) in [5.74, 6) is -0.248. The van der Waals surface area contributed by atoms with Crippen molar-refractivity contribution >= 4 is 54.5 Å². The fourth-order valence-electron chi connectivity index (χ4n) is 3.26. The van der Waals surface area contributed by atoms with Crippen LogP contribution < -0.4 is 5.32 Å². The summed E-state index contributed by atoms with van der Waals surface area (Å²) in [5, 5.41) is 5.70. The third kappa shape index (κ3) is 3.77. The summed E-state index contributed by atoms with van der Waals surface area (Å²) in [7, 11) is -3.44. The van der Waals surface area contributed by atoms with Gasteiger partial charge in [-0.2, -0.15) is 4.31 Å². The van der Waals surface area contributed by atoms with Crippen LogP contribution in [-0.2, 0) is 14.8 Å². The number of hydrogen-bond donors (Lipinski definition) is 1. The highest BCUT2D eigenvalue weighted by Gasteiger charge is 2.32. The largest absolute Gasteiger partial charge is 0.326 e. The van der Waals surface area contributed by atoms with Gasteiger partial charge in [0.15, 0.2) is 0 Å². The first-order valence-corrected chi connectivity index (χ1v) is 11.8. The number of nitrogens with zero attached hydrogens (tertiary/aromatic N) is 2. The molecule has 0 spiro atoms. The van der Waals surface area contributed by atoms with E-state index >= 15 is 0 Å². The number of hydrogen-bond acceptors (Lipinski definition) is 6. The maximum absolute atomic E-state index is 12.6. The lowest BCUT2D eigenvalue weighted by atomic mass is 9.97. The van der Waals surface area contributed by atoms with Crippen LogP contribution in [0.3, 0.4) is 0 Å². The second kappa shape index (κ2) is 7.31. The van der Waals surface area contributed by atoms with Gasteiger partial charge in [0.05, 0.1) is 15.2 Å². The number of aromatic nitrogens is 1. The van der Waals surface area contributed by atoms with Crippen LogP contribution in [0.15, 0.2) is 39.9 Å². The van der Waals surface area contributed by atoms with E-state index in [2.05, 4.69) is 10.3 Å². The SMILES string of the molecule is Cc1nc2cc(NC(=O)C3CCN(S(=O)(=O)c4cccs4)CC3)ccc2s1. The Morgan fingerprint density at radius 1 is 1.26 bits per heavy atom. The Kier molecular flexibility index (Phi) is 5.02. The van der Waals surface area contributed by atoms with Crippen LogP contribution in [0.25, 0.3) is 10.2 Å². The molecule has 0 atom stereocenters. The van der Waals surface area contributed by atoms with Gasteiger partial charge in [0.1, 0.15) is 4.21 Å². The summed E-state index contributed by atoms with van der Waals surface area (Å²) in [6, 6.07) is 9.08. The van der Waals surface area contributed by atoms with Gasteiger partial charge in [-0.3, -0.25) is 4.79 Å². The number of anilines is 1. The van der Waals surface area contributed by atoms with E-state index in [1.807, 2.05) is 25.1 Å². The van der Waals surface area contributed by atoms with Crippen molar-refractivity contribution in [2.45, 2.75) is 24.0 Å². The highest BCUT2D eigenvalue weighted by molar-refractivity contribution is 7.91. The molecule has 0 bridgehead atoms. The van der Waals surface area contributed by atoms with E-state index in [4.69, 9.17) is 0 Å². The first-order chi connectivity index (χ1) is 12.9. The van der Waals surface area contributed by atoms with Crippen molar-refractivity contribution in [3.8, 4) is 0 Å². The summed E-state index contributed by atoms with van der Waals surface area (Å²) < 4.78 is 28.1. The summed E-state index contributed by atoms with van der Waals surface area (Å²) in [4.78, 5) is 17.0. The van der Waals surface area contributed by atoms with Crippen LogP contribution in [0.5, 0.6) is 0 Å². The van der Waals surface area contributed by atoms with Crippen molar-refractivity contribution in [3.63, 3.8) is 0 Å². The van der Waals surface area contributed by atoms with Crippen molar-refractivity contribution in [2.24, 2.45) is 5.92 Å². The number of thiophene rings is 1. The number of rotatable bonds is 4. The average Bonchev–Trinajstić information content (AvgIpc) is 3.30. The molecule has 3 aromatic rings. The second-order valence-corrected chi connectivity index (χ2v) is 10.9. The van der Waals surface area contributed by atoms with E-state index < -0.39 is 10.0 Å². The minimum Gasteiger partial charge on any atom is -0.326 e. The number of nitrogens with one attached hydrogen (secondary N) is 1. The molecule has 0 radical (unpaired) electrons. The molecule has 3 heterocycles. The maximum Gasteiger partial charge on any atom is 0.252 e. The fourth-order valence-corrected chi connectivity index (χ4v) is 6.68. The summed E-state index contributed by atoms with van der Waals surface area (Å²) in [6.45, 7) is 2.69. The predicted octanol–water partition coefficient (Wildman–Crippen LogP) is 3.71. The van der Waals surface area contributed by atoms with Crippen LogP contribution in [-0.4, -0.2) is 36.7 Å². The first-order valence-electron chi connectivity index (χ1n) is 8.65. The number of carbonyl (C=O) groups is 1. The van der Waals surface area contributed by atoms with Gasteiger partial charge in [-0.05, 0) is 49.4 Å². The molecule has 1 aromatic carbocycles. The number of amides is 1. The molecule has 6 nitrogen and oxygen atoms in total. The highest BCUT2D eigenvalue weighted by atomic mass is 32.2. The predicted molar refractivity (Wildman–Crippen MR) is 109 cm³/mol. The Bertz CT molecular complexity index is 1070. The molecule has 4 rings (SSSR count). The van der Waals surface area contributed by atoms with Gasteiger partial charge in [-0.15, -0.1) is 22.7 Å². The number of fused-ring (bicyclic) bond motifs is 1. The zero-order chi connectivity index (χ0) is 19.0. The van der Waals surface area contributed by atoms with Gasteiger partial charge in [-0.1, -0.05) is 6.07 Å². The molecule has 2 aromatic heterocycles. The molecule has 1 aliphatic rings. The van der Waals surface area contributed by atoms with Gasteiger partial charge >= 0.3 is 0 Å². The fraction of sp³-hybridized carbons (Fsp3) is 0.333. The molecule has 142 valence electrons. The number of carbonyl (C=O) groups excluding carboxylic acids is 1. The second-order valence-electron chi connectivity index (χ2n) is 6.52. The van der Waals surface area contributed by atoms with E-state index in [0.717, 1.165) is 20.9 Å². The van der Waals surface area contributed by atoms with Gasteiger partial charge in [-0.25, -0.2) is 13.4 Å². The molecule has 27 heavy (non-hydrogen) atoms. The normalized spacial score (nSPS) is 16.6. The van der Waals surface area contributed by atoms with Crippen molar-refractivity contribution in [1.29, 1.82) is 0 Å². The third-order valence-corrected chi connectivity index (χ3v) is 8.90. The summed E-state index contributed by atoms with van der Waals surface area (Å²) in [6.07, 6.45) is 1.04. The standard InChI is InChI=1S/C18H19N3O3S3/c1-12-19-15-11-14(4-5-16(15)26-12)20-18(22)13-6-8-21(9-7-13)27(23,24)17-3-2-10-25-17/h2-5,10-11,13H,6-9H2,1H3,(H,20,22). The lowest BCUT2D eigenvalue weighted by molar-refractivity contribution is -0.120. The Balaban J connectivity index is 1.39. The molecule has 0 unspecified atom stereocenters. The molecular weight excluding hydrogens is 402 g/mol. The van der Waals surface area contributed by atoms with Crippen molar-refractivity contribution in [1.82, 2.24) is 9.29 Å². The molecule has 0 saturated carbocycles. The lowest BCUT2D eigenvalue weighted by Gasteiger charge is -2.30. The Morgan fingerprint density at radius 3 is 2.74 bits per heavy atom. The Hall–Kier alpha value is -1.81. The molecule has 1 aliphatic heterocycles. The van der Waals surface area contributed by atoms with Crippen LogP contribution in [0.2, 0.25) is 0 Å². The molecule has 1 saturated heterocycles. The zero-order valence-corrected chi connectivity index (χ0v) is 17.2. The molecular formula is C18H19N3O3S3. The third-order valence-electron chi connectivity index (χ3n) is 4.68. The number of aryl methyl sites for hydroxylation is 1. The minimum absolute atomic E-state index is 0.0607. The van der Waals surface area contributed by atoms with Gasteiger partial charge in [0.25, 0.3) is 10.0 Å². The number of piperidine rings is 1. The van der Waals surface area contributed by atoms with Crippen LogP contribution >= 0.6 is 22.7 Å². The lowest BCUT2D eigenvalue weighted by Crippen LogP contribution is -2.41. The van der Waals surface area contributed by atoms with E-state index in [9.17, 15) is 13.2 Å². The molecule has 0 aliphatic carbocycles. The topological polar surface area (TPSA) is 79.4 Å². The quantitative estimate of drug-likeness (QED) is 0.697. The summed E-state index contributed by atoms with van der Waals surface area (Å²) >= 11 is 2.84. The van der Waals surface area contributed by atoms with E-state index in [0.29, 0.717) is 30.1 Å². The molecule has 9 heteroatoms. The molecule has 1 fully saturated rings. The highest BCUT2D eigenvalue weighted by Crippen LogP contribution is 2.28. The van der Waals surface area contributed by atoms with Crippen LogP contribution in [0.1, 0.15) is 17.8 Å². The van der Waals surface area contributed by atoms with Crippen LogP contribution in [0, 0.1) is 12.8 Å². The average molecular weight is 422 g/mol. The first kappa shape index (κ1) is 18.5. The number of benzene rings is 1. The monoisotopic (exact) mass is 421 g/mol. The zero-order valence-electron chi connectivity index (χ0n) is 14.7. The summed E-state index contributed by atoms with van der Waals surface area (Å²) in [5.41, 5.74) is 1.61. The number of thiazole rings is 1. The van der Waals surface area contributed by atoms with Gasteiger partial charge in [0.2, 0.25) is 5.91 Å². The van der Waals surface area contributed by atoms with E-state index in [-0.39, 0.29) is 11.8 Å². The molecule has 1 N–H and O–H groups in total. The van der Waals surface area contributed by atoms with Crippen LogP contribution in [0.4, 0.5) is 5.69 Å². The van der Waals surface area contributed by atoms with Crippen molar-refractivity contribution in [3.05, 3.63) is 40.7 Å². The Labute approximate surface area is 165 Å². The smallest absolute Gasteiger partial charge is 0.252 e. The molecule has 1 amide bonds. The van der Waals surface area contributed by atoms with E-state index in [1.165, 1.54) is 15.6 Å².